The van der Waals surface area contributed by atoms with Crippen molar-refractivity contribution in [3.05, 3.63) is 78.0 Å². The number of amides is 1. The molecule has 0 spiro atoms. The van der Waals surface area contributed by atoms with E-state index in [-0.39, 0.29) is 17.4 Å². The van der Waals surface area contributed by atoms with E-state index >= 15 is 0 Å². The van der Waals surface area contributed by atoms with Gasteiger partial charge in [-0.1, -0.05) is 12.1 Å². The Morgan fingerprint density at radius 1 is 1.04 bits per heavy atom. The fourth-order valence-electron chi connectivity index (χ4n) is 2.31. The Morgan fingerprint density at radius 3 is 2.43 bits per heavy atom. The summed E-state index contributed by atoms with van der Waals surface area (Å²) >= 11 is 0. The molecule has 0 aliphatic rings. The van der Waals surface area contributed by atoms with E-state index in [0.29, 0.717) is 23.7 Å². The zero-order valence-corrected chi connectivity index (χ0v) is 15.0. The van der Waals surface area contributed by atoms with Gasteiger partial charge in [-0.25, -0.2) is 19.2 Å². The van der Waals surface area contributed by atoms with Gasteiger partial charge in [-0.05, 0) is 43.3 Å². The van der Waals surface area contributed by atoms with Crippen LogP contribution in [0.15, 0.2) is 60.9 Å². The van der Waals surface area contributed by atoms with E-state index in [1.54, 1.807) is 37.3 Å². The number of nitrogens with one attached hydrogen (secondary N) is 2. The SMILES string of the molecule is CCOC(=O)c1ccc(Nc2cnc(C(=O)Nc3ccccc3F)cn2)cc1. The average molecular weight is 380 g/mol. The third kappa shape index (κ3) is 4.67. The molecular weight excluding hydrogens is 363 g/mol. The summed E-state index contributed by atoms with van der Waals surface area (Å²) in [4.78, 5) is 32.0. The quantitative estimate of drug-likeness (QED) is 0.632. The van der Waals surface area contributed by atoms with Crippen molar-refractivity contribution in [3.8, 4) is 0 Å². The van der Waals surface area contributed by atoms with Crippen molar-refractivity contribution in [1.82, 2.24) is 9.97 Å². The number of carbonyl (C=O) groups excluding carboxylic acids is 2. The van der Waals surface area contributed by atoms with Crippen LogP contribution in [-0.4, -0.2) is 28.5 Å². The number of esters is 1. The van der Waals surface area contributed by atoms with Gasteiger partial charge in [-0.2, -0.15) is 0 Å². The summed E-state index contributed by atoms with van der Waals surface area (Å²) in [7, 11) is 0. The Balaban J connectivity index is 1.63. The van der Waals surface area contributed by atoms with E-state index in [1.165, 1.54) is 30.6 Å². The number of rotatable bonds is 6. The van der Waals surface area contributed by atoms with Gasteiger partial charge >= 0.3 is 5.97 Å². The number of benzene rings is 2. The van der Waals surface area contributed by atoms with Gasteiger partial charge in [-0.3, -0.25) is 4.79 Å². The number of anilines is 3. The molecule has 28 heavy (non-hydrogen) atoms. The fourth-order valence-corrected chi connectivity index (χ4v) is 2.31. The standard InChI is InChI=1S/C20H17FN4O3/c1-2-28-20(27)13-7-9-14(10-8-13)24-18-12-22-17(11-23-18)19(26)25-16-6-4-3-5-15(16)21/h3-12H,2H2,1H3,(H,23,24)(H,25,26). The molecule has 2 N–H and O–H groups in total. The van der Waals surface area contributed by atoms with Crippen molar-refractivity contribution >= 4 is 29.1 Å². The summed E-state index contributed by atoms with van der Waals surface area (Å²) in [6.45, 7) is 2.05. The molecule has 0 aliphatic heterocycles. The second kappa shape index (κ2) is 8.72. The van der Waals surface area contributed by atoms with E-state index in [0.717, 1.165) is 0 Å². The molecule has 3 aromatic rings. The van der Waals surface area contributed by atoms with Crippen molar-refractivity contribution in [1.29, 1.82) is 0 Å². The van der Waals surface area contributed by atoms with E-state index in [9.17, 15) is 14.0 Å². The first-order valence-corrected chi connectivity index (χ1v) is 8.49. The highest BCUT2D eigenvalue weighted by Crippen LogP contribution is 2.16. The Morgan fingerprint density at radius 2 is 1.79 bits per heavy atom. The second-order valence-electron chi connectivity index (χ2n) is 5.64. The summed E-state index contributed by atoms with van der Waals surface area (Å²) in [5, 5.41) is 5.45. The van der Waals surface area contributed by atoms with Crippen molar-refractivity contribution in [2.45, 2.75) is 6.92 Å². The Kier molecular flexibility index (Phi) is 5.91. The van der Waals surface area contributed by atoms with Gasteiger partial charge in [0, 0.05) is 5.69 Å². The third-order valence-corrected chi connectivity index (χ3v) is 3.67. The van der Waals surface area contributed by atoms with Crippen LogP contribution in [0.1, 0.15) is 27.8 Å². The molecule has 1 aromatic heterocycles. The lowest BCUT2D eigenvalue weighted by atomic mass is 10.2. The maximum atomic E-state index is 13.6. The predicted octanol–water partition coefficient (Wildman–Crippen LogP) is 3.79. The molecule has 1 amide bonds. The van der Waals surface area contributed by atoms with Crippen molar-refractivity contribution in [2.24, 2.45) is 0 Å². The van der Waals surface area contributed by atoms with Gasteiger partial charge in [0.15, 0.2) is 0 Å². The number of ether oxygens (including phenoxy) is 1. The van der Waals surface area contributed by atoms with E-state index in [4.69, 9.17) is 4.74 Å². The number of nitrogens with zero attached hydrogens (tertiary/aromatic N) is 2. The normalized spacial score (nSPS) is 10.2. The zero-order valence-electron chi connectivity index (χ0n) is 15.0. The summed E-state index contributed by atoms with van der Waals surface area (Å²) in [6, 6.07) is 12.5. The number of carbonyl (C=O) groups is 2. The second-order valence-corrected chi connectivity index (χ2v) is 5.64. The van der Waals surface area contributed by atoms with Gasteiger partial charge in [0.25, 0.3) is 5.91 Å². The molecule has 8 heteroatoms. The minimum absolute atomic E-state index is 0.0477. The first-order chi connectivity index (χ1) is 13.6. The van der Waals surface area contributed by atoms with Crippen LogP contribution >= 0.6 is 0 Å². The van der Waals surface area contributed by atoms with Gasteiger partial charge in [0.05, 0.1) is 30.3 Å². The number of hydrogen-bond donors (Lipinski definition) is 2. The fraction of sp³-hybridized carbons (Fsp3) is 0.100. The molecule has 0 atom stereocenters. The molecule has 0 aliphatic carbocycles. The van der Waals surface area contributed by atoms with Crippen LogP contribution in [0.3, 0.4) is 0 Å². The van der Waals surface area contributed by atoms with Crippen LogP contribution in [0.4, 0.5) is 21.6 Å². The molecule has 3 rings (SSSR count). The van der Waals surface area contributed by atoms with E-state index in [2.05, 4.69) is 20.6 Å². The monoisotopic (exact) mass is 380 g/mol. The highest BCUT2D eigenvalue weighted by Gasteiger charge is 2.11. The first-order valence-electron chi connectivity index (χ1n) is 8.49. The highest BCUT2D eigenvalue weighted by atomic mass is 19.1. The predicted molar refractivity (Wildman–Crippen MR) is 102 cm³/mol. The Bertz CT molecular complexity index is 976. The van der Waals surface area contributed by atoms with Gasteiger partial charge < -0.3 is 15.4 Å². The molecule has 7 nitrogen and oxygen atoms in total. The maximum absolute atomic E-state index is 13.6. The molecule has 0 radical (unpaired) electrons. The minimum atomic E-state index is -0.567. The van der Waals surface area contributed by atoms with Crippen LogP contribution in [0, 0.1) is 5.82 Å². The summed E-state index contributed by atoms with van der Waals surface area (Å²) < 4.78 is 18.5. The summed E-state index contributed by atoms with van der Waals surface area (Å²) in [5.74, 6) is -1.08. The van der Waals surface area contributed by atoms with Crippen molar-refractivity contribution in [2.75, 3.05) is 17.2 Å². The van der Waals surface area contributed by atoms with E-state index in [1.807, 2.05) is 0 Å². The van der Waals surface area contributed by atoms with Crippen LogP contribution in [-0.2, 0) is 4.74 Å². The first kappa shape index (κ1) is 19.0. The lowest BCUT2D eigenvalue weighted by Gasteiger charge is -2.08. The van der Waals surface area contributed by atoms with Crippen molar-refractivity contribution in [3.63, 3.8) is 0 Å². The Labute approximate surface area is 160 Å². The van der Waals surface area contributed by atoms with Crippen LogP contribution < -0.4 is 10.6 Å². The maximum Gasteiger partial charge on any atom is 0.338 e. The summed E-state index contributed by atoms with van der Waals surface area (Å²) in [6.07, 6.45) is 2.67. The molecule has 0 bridgehead atoms. The molecule has 0 saturated carbocycles. The smallest absolute Gasteiger partial charge is 0.338 e. The van der Waals surface area contributed by atoms with Crippen molar-refractivity contribution < 1.29 is 18.7 Å². The van der Waals surface area contributed by atoms with E-state index < -0.39 is 11.7 Å². The lowest BCUT2D eigenvalue weighted by Crippen LogP contribution is -2.15. The summed E-state index contributed by atoms with van der Waals surface area (Å²) in [5.41, 5.74) is 1.24. The van der Waals surface area contributed by atoms with Crippen LogP contribution in [0.25, 0.3) is 0 Å². The molecule has 2 aromatic carbocycles. The largest absolute Gasteiger partial charge is 0.462 e. The molecule has 1 heterocycles. The minimum Gasteiger partial charge on any atom is -0.462 e. The van der Waals surface area contributed by atoms with Gasteiger partial charge in [0.2, 0.25) is 0 Å². The number of aromatic nitrogens is 2. The number of halogens is 1. The van der Waals surface area contributed by atoms with Crippen LogP contribution in [0.5, 0.6) is 0 Å². The average Bonchev–Trinajstić information content (AvgIpc) is 2.71. The number of para-hydroxylation sites is 1. The van der Waals surface area contributed by atoms with Gasteiger partial charge in [-0.15, -0.1) is 0 Å². The molecule has 0 fully saturated rings. The zero-order chi connectivity index (χ0) is 19.9. The molecule has 0 saturated heterocycles. The molecule has 0 unspecified atom stereocenters. The van der Waals surface area contributed by atoms with Gasteiger partial charge in [0.1, 0.15) is 17.3 Å². The highest BCUT2D eigenvalue weighted by molar-refractivity contribution is 6.02. The van der Waals surface area contributed by atoms with Crippen LogP contribution in [0.2, 0.25) is 0 Å². The Hall–Kier alpha value is -3.81. The third-order valence-electron chi connectivity index (χ3n) is 3.67. The lowest BCUT2D eigenvalue weighted by molar-refractivity contribution is 0.0526. The topological polar surface area (TPSA) is 93.2 Å². The molecule has 142 valence electrons. The molecular formula is C20H17FN4O3. The number of hydrogen-bond acceptors (Lipinski definition) is 6.